The fourth-order valence-corrected chi connectivity index (χ4v) is 1.99. The number of ether oxygens (including phenoxy) is 1. The summed E-state index contributed by atoms with van der Waals surface area (Å²) in [5, 5.41) is 4.29. The molecular formula is C14H10ClN5O3. The van der Waals surface area contributed by atoms with Gasteiger partial charge in [0.25, 0.3) is 5.89 Å². The Labute approximate surface area is 135 Å². The van der Waals surface area contributed by atoms with Crippen molar-refractivity contribution in [3.63, 3.8) is 0 Å². The normalized spacial score (nSPS) is 10.5. The highest BCUT2D eigenvalue weighted by Gasteiger charge is 2.16. The lowest BCUT2D eigenvalue weighted by Crippen LogP contribution is -2.11. The number of nitrogens with two attached hydrogens (primary N) is 1. The smallest absolute Gasteiger partial charge is 0.361 e. The molecule has 23 heavy (non-hydrogen) atoms. The van der Waals surface area contributed by atoms with Crippen LogP contribution in [-0.2, 0) is 11.3 Å². The van der Waals surface area contributed by atoms with Gasteiger partial charge in [-0.2, -0.15) is 4.98 Å². The molecule has 2 aromatic heterocycles. The highest BCUT2D eigenvalue weighted by molar-refractivity contribution is 6.33. The van der Waals surface area contributed by atoms with E-state index in [9.17, 15) is 4.79 Å². The zero-order chi connectivity index (χ0) is 16.2. The van der Waals surface area contributed by atoms with Gasteiger partial charge in [-0.15, -0.1) is 0 Å². The Balaban J connectivity index is 1.70. The standard InChI is InChI=1S/C14H10ClN5O3/c15-9-4-2-1-3-8(9)13-19-10(23-20-13)7-22-14(21)11-12(16)18-6-5-17-11/h1-6H,7H2,(H2,16,18). The lowest BCUT2D eigenvalue weighted by Gasteiger charge is -2.02. The molecule has 0 fully saturated rings. The number of carbonyl (C=O) groups excluding carboxylic acids is 1. The van der Waals surface area contributed by atoms with Crippen LogP contribution in [0.15, 0.2) is 41.2 Å². The van der Waals surface area contributed by atoms with E-state index in [2.05, 4.69) is 20.1 Å². The second-order valence-corrected chi connectivity index (χ2v) is 4.77. The number of hydrogen-bond donors (Lipinski definition) is 1. The Bertz CT molecular complexity index is 852. The monoisotopic (exact) mass is 331 g/mol. The van der Waals surface area contributed by atoms with Crippen LogP contribution >= 0.6 is 11.6 Å². The van der Waals surface area contributed by atoms with Crippen LogP contribution in [0.3, 0.4) is 0 Å². The first-order chi connectivity index (χ1) is 11.1. The number of nitrogen functional groups attached to an aromatic ring is 1. The molecule has 0 unspecified atom stereocenters. The van der Waals surface area contributed by atoms with Gasteiger partial charge in [-0.3, -0.25) is 0 Å². The van der Waals surface area contributed by atoms with Gasteiger partial charge in [0.2, 0.25) is 5.82 Å². The van der Waals surface area contributed by atoms with E-state index in [-0.39, 0.29) is 24.0 Å². The molecule has 3 rings (SSSR count). The highest BCUT2D eigenvalue weighted by Crippen LogP contribution is 2.24. The Morgan fingerprint density at radius 3 is 2.83 bits per heavy atom. The Morgan fingerprint density at radius 1 is 1.26 bits per heavy atom. The summed E-state index contributed by atoms with van der Waals surface area (Å²) in [6.45, 7) is -0.216. The SMILES string of the molecule is Nc1nccnc1C(=O)OCc1nc(-c2ccccc2Cl)no1. The topological polar surface area (TPSA) is 117 Å². The molecule has 0 bridgehead atoms. The molecule has 3 aromatic rings. The molecule has 1 aromatic carbocycles. The predicted octanol–water partition coefficient (Wildman–Crippen LogP) is 2.12. The van der Waals surface area contributed by atoms with Gasteiger partial charge in [-0.1, -0.05) is 28.9 Å². The maximum Gasteiger partial charge on any atom is 0.361 e. The third kappa shape index (κ3) is 3.27. The first kappa shape index (κ1) is 14.9. The van der Waals surface area contributed by atoms with Crippen LogP contribution in [0.5, 0.6) is 0 Å². The molecule has 0 aliphatic rings. The van der Waals surface area contributed by atoms with Crippen LogP contribution in [0, 0.1) is 0 Å². The Hall–Kier alpha value is -3.00. The predicted molar refractivity (Wildman–Crippen MR) is 80.3 cm³/mol. The van der Waals surface area contributed by atoms with Crippen molar-refractivity contribution in [2.24, 2.45) is 0 Å². The van der Waals surface area contributed by atoms with Crippen LogP contribution in [0.2, 0.25) is 5.02 Å². The molecule has 0 aliphatic carbocycles. The summed E-state index contributed by atoms with van der Waals surface area (Å²) in [5.74, 6) is -0.315. The molecule has 0 saturated heterocycles. The number of nitrogens with zero attached hydrogens (tertiary/aromatic N) is 4. The minimum atomic E-state index is -0.729. The van der Waals surface area contributed by atoms with Gasteiger partial charge in [0.1, 0.15) is 0 Å². The van der Waals surface area contributed by atoms with Crippen molar-refractivity contribution in [2.75, 3.05) is 5.73 Å². The number of benzene rings is 1. The molecule has 9 heteroatoms. The van der Waals surface area contributed by atoms with E-state index in [0.717, 1.165) is 0 Å². The minimum absolute atomic E-state index is 0.0141. The molecule has 0 amide bonds. The number of hydrogen-bond acceptors (Lipinski definition) is 8. The molecule has 2 heterocycles. The van der Waals surface area contributed by atoms with Crippen molar-refractivity contribution in [2.45, 2.75) is 6.61 Å². The van der Waals surface area contributed by atoms with Gasteiger partial charge in [-0.25, -0.2) is 14.8 Å². The number of esters is 1. The number of halogens is 1. The van der Waals surface area contributed by atoms with Crippen LogP contribution in [0.4, 0.5) is 5.82 Å². The molecular weight excluding hydrogens is 322 g/mol. The first-order valence-electron chi connectivity index (χ1n) is 6.46. The second-order valence-electron chi connectivity index (χ2n) is 4.36. The average molecular weight is 332 g/mol. The quantitative estimate of drug-likeness (QED) is 0.722. The molecule has 2 N–H and O–H groups in total. The van der Waals surface area contributed by atoms with Gasteiger partial charge in [0.15, 0.2) is 18.1 Å². The summed E-state index contributed by atoms with van der Waals surface area (Å²) < 4.78 is 10.1. The summed E-state index contributed by atoms with van der Waals surface area (Å²) in [6.07, 6.45) is 2.72. The van der Waals surface area contributed by atoms with Crippen molar-refractivity contribution >= 4 is 23.4 Å². The van der Waals surface area contributed by atoms with Gasteiger partial charge in [0.05, 0.1) is 5.02 Å². The van der Waals surface area contributed by atoms with Crippen molar-refractivity contribution in [1.82, 2.24) is 20.1 Å². The second kappa shape index (κ2) is 6.41. The summed E-state index contributed by atoms with van der Waals surface area (Å²) in [4.78, 5) is 23.5. The molecule has 0 saturated carbocycles. The van der Waals surface area contributed by atoms with E-state index in [0.29, 0.717) is 16.4 Å². The number of rotatable bonds is 4. The van der Waals surface area contributed by atoms with E-state index in [1.54, 1.807) is 24.3 Å². The highest BCUT2D eigenvalue weighted by atomic mass is 35.5. The third-order valence-corrected chi connectivity index (χ3v) is 3.16. The Morgan fingerprint density at radius 2 is 2.04 bits per heavy atom. The number of anilines is 1. The van der Waals surface area contributed by atoms with Gasteiger partial charge >= 0.3 is 5.97 Å². The maximum absolute atomic E-state index is 11.9. The molecule has 8 nitrogen and oxygen atoms in total. The molecule has 0 atom stereocenters. The van der Waals surface area contributed by atoms with E-state index >= 15 is 0 Å². The van der Waals surface area contributed by atoms with Gasteiger partial charge in [-0.05, 0) is 12.1 Å². The average Bonchev–Trinajstić information content (AvgIpc) is 3.02. The summed E-state index contributed by atoms with van der Waals surface area (Å²) in [6, 6.07) is 7.06. The van der Waals surface area contributed by atoms with Crippen molar-refractivity contribution < 1.29 is 14.1 Å². The van der Waals surface area contributed by atoms with E-state index in [1.807, 2.05) is 0 Å². The van der Waals surface area contributed by atoms with Gasteiger partial charge in [0, 0.05) is 18.0 Å². The molecule has 0 aliphatic heterocycles. The van der Waals surface area contributed by atoms with Crippen molar-refractivity contribution in [1.29, 1.82) is 0 Å². The molecule has 0 spiro atoms. The lowest BCUT2D eigenvalue weighted by atomic mass is 10.2. The number of aromatic nitrogens is 4. The zero-order valence-corrected chi connectivity index (χ0v) is 12.4. The minimum Gasteiger partial charge on any atom is -0.451 e. The van der Waals surface area contributed by atoms with E-state index in [4.69, 9.17) is 26.6 Å². The van der Waals surface area contributed by atoms with Crippen molar-refractivity contribution in [3.8, 4) is 11.4 Å². The zero-order valence-electron chi connectivity index (χ0n) is 11.6. The van der Waals surface area contributed by atoms with Crippen LogP contribution in [-0.4, -0.2) is 26.1 Å². The Kier molecular flexibility index (Phi) is 4.15. The fourth-order valence-electron chi connectivity index (χ4n) is 1.77. The largest absolute Gasteiger partial charge is 0.451 e. The van der Waals surface area contributed by atoms with Crippen LogP contribution in [0.25, 0.3) is 11.4 Å². The summed E-state index contributed by atoms with van der Waals surface area (Å²) >= 11 is 6.06. The van der Waals surface area contributed by atoms with Crippen LogP contribution in [0.1, 0.15) is 16.4 Å². The molecule has 0 radical (unpaired) electrons. The molecule has 116 valence electrons. The van der Waals surface area contributed by atoms with Crippen LogP contribution < -0.4 is 5.73 Å². The fraction of sp³-hybridized carbons (Fsp3) is 0.0714. The third-order valence-electron chi connectivity index (χ3n) is 2.83. The van der Waals surface area contributed by atoms with E-state index < -0.39 is 5.97 Å². The summed E-state index contributed by atoms with van der Waals surface area (Å²) in [5.41, 5.74) is 6.09. The first-order valence-corrected chi connectivity index (χ1v) is 6.84. The van der Waals surface area contributed by atoms with Gasteiger partial charge < -0.3 is 15.0 Å². The lowest BCUT2D eigenvalue weighted by molar-refractivity contribution is 0.0424. The number of carbonyl (C=O) groups is 1. The van der Waals surface area contributed by atoms with E-state index in [1.165, 1.54) is 12.4 Å². The van der Waals surface area contributed by atoms with Crippen molar-refractivity contribution in [3.05, 3.63) is 53.3 Å². The maximum atomic E-state index is 11.9. The summed E-state index contributed by atoms with van der Waals surface area (Å²) in [7, 11) is 0.